The van der Waals surface area contributed by atoms with Crippen molar-refractivity contribution in [1.29, 1.82) is 0 Å². The van der Waals surface area contributed by atoms with E-state index in [9.17, 15) is 0 Å². The third-order valence-corrected chi connectivity index (χ3v) is 12.3. The molecule has 59 heavy (non-hydrogen) atoms. The zero-order valence-electron chi connectivity index (χ0n) is 31.7. The van der Waals surface area contributed by atoms with Gasteiger partial charge in [0.05, 0.1) is 16.7 Å². The number of fused-ring (bicyclic) bond motifs is 11. The lowest BCUT2D eigenvalue weighted by Gasteiger charge is -2.14. The number of benzene rings is 9. The number of para-hydroxylation sites is 2. The molecule has 1 aliphatic carbocycles. The molecule has 1 aliphatic rings. The highest BCUT2D eigenvalue weighted by atomic mass is 16.3. The molecule has 3 aromatic heterocycles. The second kappa shape index (κ2) is 12.3. The Morgan fingerprint density at radius 2 is 1.02 bits per heavy atom. The summed E-state index contributed by atoms with van der Waals surface area (Å²) >= 11 is 0. The predicted molar refractivity (Wildman–Crippen MR) is 241 cm³/mol. The Kier molecular flexibility index (Phi) is 6.72. The molecule has 5 nitrogen and oxygen atoms in total. The molecule has 5 heteroatoms. The maximum atomic E-state index is 6.95. The highest BCUT2D eigenvalue weighted by Gasteiger charge is 2.26. The van der Waals surface area contributed by atoms with Gasteiger partial charge in [0.25, 0.3) is 0 Å². The zero-order valence-corrected chi connectivity index (χ0v) is 31.7. The standard InChI is InChI=1S/C54H32N4O/c1-2-15-34-31-48-45(29-33(34)14-1)39-20-7-9-25-46(39)58(48)47-28-27-43(50-42-21-8-10-26-49(42)59-51(47)50)54-56-52(40-23-11-17-32-13-3-5-18-36(32)40)55-53(57-54)41-24-12-22-38-37-19-6-4-16-35(37)30-44(38)41/h1-29,31H,30H2. The lowest BCUT2D eigenvalue weighted by molar-refractivity contribution is 0.666. The van der Waals surface area contributed by atoms with E-state index in [2.05, 4.69) is 174 Å². The van der Waals surface area contributed by atoms with Gasteiger partial charge < -0.3 is 8.98 Å². The molecule has 274 valence electrons. The number of nitrogens with zero attached hydrogens (tertiary/aromatic N) is 4. The molecular weight excluding hydrogens is 721 g/mol. The summed E-state index contributed by atoms with van der Waals surface area (Å²) < 4.78 is 9.30. The fourth-order valence-corrected chi connectivity index (χ4v) is 9.62. The number of rotatable bonds is 4. The summed E-state index contributed by atoms with van der Waals surface area (Å²) in [5, 5.41) is 9.01. The summed E-state index contributed by atoms with van der Waals surface area (Å²) in [5.41, 5.74) is 12.7. The van der Waals surface area contributed by atoms with Crippen molar-refractivity contribution in [3.8, 4) is 51.0 Å². The second-order valence-corrected chi connectivity index (χ2v) is 15.5. The average Bonchev–Trinajstić information content (AvgIpc) is 3.98. The number of hydrogen-bond donors (Lipinski definition) is 0. The van der Waals surface area contributed by atoms with E-state index in [1.165, 1.54) is 43.8 Å². The number of furan rings is 1. The quantitative estimate of drug-likeness (QED) is 0.180. The Balaban J connectivity index is 1.11. The van der Waals surface area contributed by atoms with E-state index in [4.69, 9.17) is 19.4 Å². The third-order valence-electron chi connectivity index (χ3n) is 12.3. The molecule has 0 fully saturated rings. The molecule has 0 N–H and O–H groups in total. The third kappa shape index (κ3) is 4.76. The molecule has 0 unspecified atom stereocenters. The van der Waals surface area contributed by atoms with Crippen molar-refractivity contribution in [2.24, 2.45) is 0 Å². The summed E-state index contributed by atoms with van der Waals surface area (Å²) in [6.07, 6.45) is 0.825. The monoisotopic (exact) mass is 752 g/mol. The topological polar surface area (TPSA) is 56.7 Å². The summed E-state index contributed by atoms with van der Waals surface area (Å²) in [4.78, 5) is 16.1. The van der Waals surface area contributed by atoms with Crippen LogP contribution >= 0.6 is 0 Å². The molecule has 0 saturated heterocycles. The number of hydrogen-bond acceptors (Lipinski definition) is 4. The van der Waals surface area contributed by atoms with Gasteiger partial charge in [-0.25, -0.2) is 15.0 Å². The fraction of sp³-hybridized carbons (Fsp3) is 0.0185. The fourth-order valence-electron chi connectivity index (χ4n) is 9.62. The van der Waals surface area contributed by atoms with Crippen LogP contribution in [0.15, 0.2) is 186 Å². The predicted octanol–water partition coefficient (Wildman–Crippen LogP) is 13.7. The first kappa shape index (κ1) is 32.2. The minimum atomic E-state index is 0.599. The Labute approximate surface area is 338 Å². The molecule has 0 saturated carbocycles. The van der Waals surface area contributed by atoms with Crippen LogP contribution < -0.4 is 0 Å². The average molecular weight is 753 g/mol. The van der Waals surface area contributed by atoms with Gasteiger partial charge in [-0.05, 0) is 86.6 Å². The minimum absolute atomic E-state index is 0.599. The van der Waals surface area contributed by atoms with Gasteiger partial charge in [-0.1, -0.05) is 146 Å². The maximum absolute atomic E-state index is 6.95. The SMILES string of the molecule is c1ccc2c(c1)Cc1c(-c3nc(-c4cccc5ccccc45)nc(-c4ccc(-n5c6ccccc6c6cc7ccccc7cc65)c5oc6ccccc6c45)n3)cccc1-2. The smallest absolute Gasteiger partial charge is 0.164 e. The summed E-state index contributed by atoms with van der Waals surface area (Å²) in [7, 11) is 0. The molecular formula is C54H32N4O. The summed E-state index contributed by atoms with van der Waals surface area (Å²) in [5.74, 6) is 1.89. The van der Waals surface area contributed by atoms with E-state index in [0.717, 1.165) is 72.5 Å². The van der Waals surface area contributed by atoms with Crippen LogP contribution in [0.25, 0.3) is 116 Å². The van der Waals surface area contributed by atoms with Gasteiger partial charge in [-0.15, -0.1) is 0 Å². The molecule has 0 amide bonds. The first-order chi connectivity index (χ1) is 29.2. The van der Waals surface area contributed by atoms with Crippen molar-refractivity contribution in [1.82, 2.24) is 19.5 Å². The zero-order chi connectivity index (χ0) is 38.6. The maximum Gasteiger partial charge on any atom is 0.164 e. The molecule has 0 aliphatic heterocycles. The molecule has 0 spiro atoms. The molecule has 0 bridgehead atoms. The Morgan fingerprint density at radius 1 is 0.407 bits per heavy atom. The highest BCUT2D eigenvalue weighted by molar-refractivity contribution is 6.18. The van der Waals surface area contributed by atoms with E-state index < -0.39 is 0 Å². The van der Waals surface area contributed by atoms with Crippen molar-refractivity contribution in [3.05, 3.63) is 193 Å². The lowest BCUT2D eigenvalue weighted by atomic mass is 10.00. The van der Waals surface area contributed by atoms with Crippen molar-refractivity contribution in [2.45, 2.75) is 6.42 Å². The van der Waals surface area contributed by atoms with Crippen LogP contribution in [-0.2, 0) is 6.42 Å². The van der Waals surface area contributed by atoms with Crippen LogP contribution in [0.2, 0.25) is 0 Å². The van der Waals surface area contributed by atoms with Gasteiger partial charge >= 0.3 is 0 Å². The van der Waals surface area contributed by atoms with Crippen LogP contribution in [0.1, 0.15) is 11.1 Å². The summed E-state index contributed by atoms with van der Waals surface area (Å²) in [6.45, 7) is 0. The van der Waals surface area contributed by atoms with E-state index in [1.807, 2.05) is 12.1 Å². The van der Waals surface area contributed by atoms with E-state index in [1.54, 1.807) is 0 Å². The van der Waals surface area contributed by atoms with Crippen molar-refractivity contribution >= 4 is 65.3 Å². The van der Waals surface area contributed by atoms with Gasteiger partial charge in [0.2, 0.25) is 0 Å². The second-order valence-electron chi connectivity index (χ2n) is 15.5. The van der Waals surface area contributed by atoms with Gasteiger partial charge in [-0.2, -0.15) is 0 Å². The largest absolute Gasteiger partial charge is 0.454 e. The van der Waals surface area contributed by atoms with Crippen molar-refractivity contribution < 1.29 is 4.42 Å². The molecule has 3 heterocycles. The van der Waals surface area contributed by atoms with Crippen molar-refractivity contribution in [3.63, 3.8) is 0 Å². The van der Waals surface area contributed by atoms with Crippen LogP contribution in [0, 0.1) is 0 Å². The van der Waals surface area contributed by atoms with Crippen molar-refractivity contribution in [2.75, 3.05) is 0 Å². The molecule has 9 aromatic carbocycles. The lowest BCUT2D eigenvalue weighted by Crippen LogP contribution is -2.03. The van der Waals surface area contributed by atoms with E-state index in [-0.39, 0.29) is 0 Å². The Bertz CT molecular complexity index is 3720. The Morgan fingerprint density at radius 3 is 1.90 bits per heavy atom. The molecule has 13 rings (SSSR count). The highest BCUT2D eigenvalue weighted by Crippen LogP contribution is 2.45. The first-order valence-corrected chi connectivity index (χ1v) is 20.1. The van der Waals surface area contributed by atoms with Gasteiger partial charge in [0.1, 0.15) is 5.58 Å². The summed E-state index contributed by atoms with van der Waals surface area (Å²) in [6, 6.07) is 64.5. The minimum Gasteiger partial charge on any atom is -0.454 e. The molecule has 0 radical (unpaired) electrons. The van der Waals surface area contributed by atoms with Crippen LogP contribution in [0.5, 0.6) is 0 Å². The van der Waals surface area contributed by atoms with Crippen LogP contribution in [0.3, 0.4) is 0 Å². The molecule has 0 atom stereocenters. The molecule has 12 aromatic rings. The van der Waals surface area contributed by atoms with Crippen LogP contribution in [-0.4, -0.2) is 19.5 Å². The van der Waals surface area contributed by atoms with E-state index in [0.29, 0.717) is 17.5 Å². The van der Waals surface area contributed by atoms with Crippen LogP contribution in [0.4, 0.5) is 0 Å². The van der Waals surface area contributed by atoms with Gasteiger partial charge in [0.15, 0.2) is 23.1 Å². The van der Waals surface area contributed by atoms with Gasteiger partial charge in [-0.3, -0.25) is 0 Å². The number of aromatic nitrogens is 4. The van der Waals surface area contributed by atoms with E-state index >= 15 is 0 Å². The first-order valence-electron chi connectivity index (χ1n) is 20.1. The normalized spacial score (nSPS) is 12.3. The Hall–Kier alpha value is -7.89. The van der Waals surface area contributed by atoms with Gasteiger partial charge in [0, 0.05) is 38.2 Å².